The van der Waals surface area contributed by atoms with Gasteiger partial charge in [0.25, 0.3) is 5.91 Å². The van der Waals surface area contributed by atoms with Crippen molar-refractivity contribution in [3.8, 4) is 0 Å². The second-order valence-electron chi connectivity index (χ2n) is 5.16. The third kappa shape index (κ3) is 4.52. The standard InChI is InChI=1S/C17H19FN4O2/c1-3-10-19-17(24)16-14(11-20-22(16)2)21-15(23)9-6-12-4-7-13(18)8-5-12/h4-9,11H,3,10H2,1-2H3,(H,19,24)(H,21,23)/b9-6+. The molecular weight excluding hydrogens is 311 g/mol. The predicted octanol–water partition coefficient (Wildman–Crippen LogP) is 2.35. The van der Waals surface area contributed by atoms with E-state index < -0.39 is 5.91 Å². The van der Waals surface area contributed by atoms with Crippen molar-refractivity contribution >= 4 is 23.6 Å². The van der Waals surface area contributed by atoms with Crippen LogP contribution in [0.4, 0.5) is 10.1 Å². The SMILES string of the molecule is CCCNC(=O)c1c(NC(=O)/C=C/c2ccc(F)cc2)cnn1C. The highest BCUT2D eigenvalue weighted by molar-refractivity contribution is 6.06. The van der Waals surface area contributed by atoms with Gasteiger partial charge in [-0.2, -0.15) is 5.10 Å². The average molecular weight is 330 g/mol. The molecule has 1 heterocycles. The summed E-state index contributed by atoms with van der Waals surface area (Å²) in [5, 5.41) is 9.38. The Kier molecular flexibility index (Phi) is 5.83. The molecule has 0 saturated carbocycles. The monoisotopic (exact) mass is 330 g/mol. The third-order valence-electron chi connectivity index (χ3n) is 3.24. The average Bonchev–Trinajstić information content (AvgIpc) is 2.92. The largest absolute Gasteiger partial charge is 0.351 e. The van der Waals surface area contributed by atoms with Crippen molar-refractivity contribution in [2.45, 2.75) is 13.3 Å². The Morgan fingerprint density at radius 2 is 2.00 bits per heavy atom. The van der Waals surface area contributed by atoms with E-state index >= 15 is 0 Å². The molecule has 2 amide bonds. The summed E-state index contributed by atoms with van der Waals surface area (Å²) in [6, 6.07) is 5.75. The molecule has 126 valence electrons. The van der Waals surface area contributed by atoms with Gasteiger partial charge in [-0.15, -0.1) is 0 Å². The number of nitrogens with one attached hydrogen (secondary N) is 2. The van der Waals surface area contributed by atoms with Crippen molar-refractivity contribution in [3.63, 3.8) is 0 Å². The predicted molar refractivity (Wildman–Crippen MR) is 89.9 cm³/mol. The van der Waals surface area contributed by atoms with Crippen molar-refractivity contribution in [2.75, 3.05) is 11.9 Å². The van der Waals surface area contributed by atoms with Crippen molar-refractivity contribution in [3.05, 3.63) is 53.6 Å². The number of rotatable bonds is 6. The second kappa shape index (κ2) is 8.05. The van der Waals surface area contributed by atoms with Gasteiger partial charge in [0.2, 0.25) is 5.91 Å². The van der Waals surface area contributed by atoms with Gasteiger partial charge in [-0.25, -0.2) is 4.39 Å². The summed E-state index contributed by atoms with van der Waals surface area (Å²) >= 11 is 0. The number of amides is 2. The Balaban J connectivity index is 2.06. The number of aryl methyl sites for hydroxylation is 1. The molecule has 7 heteroatoms. The van der Waals surface area contributed by atoms with E-state index in [1.165, 1.54) is 29.1 Å². The zero-order valence-electron chi connectivity index (χ0n) is 13.5. The van der Waals surface area contributed by atoms with Gasteiger partial charge in [0.1, 0.15) is 11.5 Å². The lowest BCUT2D eigenvalue weighted by atomic mass is 10.2. The van der Waals surface area contributed by atoms with Crippen LogP contribution in [0.1, 0.15) is 29.4 Å². The number of hydrogen-bond donors (Lipinski definition) is 2. The van der Waals surface area contributed by atoms with Crippen LogP contribution in [0.3, 0.4) is 0 Å². The normalized spacial score (nSPS) is 10.8. The lowest BCUT2D eigenvalue weighted by molar-refractivity contribution is -0.111. The minimum atomic E-state index is -0.406. The fraction of sp³-hybridized carbons (Fsp3) is 0.235. The van der Waals surface area contributed by atoms with Gasteiger partial charge in [0, 0.05) is 19.7 Å². The molecule has 0 atom stereocenters. The number of nitrogens with zero attached hydrogens (tertiary/aromatic N) is 2. The number of carbonyl (C=O) groups is 2. The molecule has 0 aliphatic heterocycles. The molecule has 2 rings (SSSR count). The Labute approximate surface area is 139 Å². The van der Waals surface area contributed by atoms with E-state index in [0.29, 0.717) is 17.8 Å². The molecule has 1 aromatic carbocycles. The molecule has 2 N–H and O–H groups in total. The minimum Gasteiger partial charge on any atom is -0.351 e. The topological polar surface area (TPSA) is 76.0 Å². The van der Waals surface area contributed by atoms with Crippen LogP contribution in [0.25, 0.3) is 6.08 Å². The molecule has 2 aromatic rings. The molecule has 0 fully saturated rings. The smallest absolute Gasteiger partial charge is 0.271 e. The van der Waals surface area contributed by atoms with Gasteiger partial charge in [-0.05, 0) is 30.2 Å². The molecule has 0 aliphatic carbocycles. The summed E-state index contributed by atoms with van der Waals surface area (Å²) in [5.74, 6) is -1.04. The van der Waals surface area contributed by atoms with Gasteiger partial charge >= 0.3 is 0 Å². The van der Waals surface area contributed by atoms with Gasteiger partial charge in [-0.3, -0.25) is 14.3 Å². The van der Waals surface area contributed by atoms with Crippen LogP contribution in [-0.2, 0) is 11.8 Å². The van der Waals surface area contributed by atoms with E-state index in [4.69, 9.17) is 0 Å². The van der Waals surface area contributed by atoms with E-state index in [9.17, 15) is 14.0 Å². The Morgan fingerprint density at radius 1 is 1.29 bits per heavy atom. The number of anilines is 1. The van der Waals surface area contributed by atoms with Crippen molar-refractivity contribution in [1.29, 1.82) is 0 Å². The maximum absolute atomic E-state index is 12.8. The van der Waals surface area contributed by atoms with Gasteiger partial charge in [0.05, 0.1) is 11.9 Å². The Bertz CT molecular complexity index is 750. The number of benzene rings is 1. The van der Waals surface area contributed by atoms with Gasteiger partial charge < -0.3 is 10.6 Å². The second-order valence-corrected chi connectivity index (χ2v) is 5.16. The van der Waals surface area contributed by atoms with E-state index in [1.807, 2.05) is 6.92 Å². The fourth-order valence-electron chi connectivity index (χ4n) is 2.04. The van der Waals surface area contributed by atoms with E-state index in [2.05, 4.69) is 15.7 Å². The summed E-state index contributed by atoms with van der Waals surface area (Å²) in [6.07, 6.45) is 5.10. The van der Waals surface area contributed by atoms with Crippen molar-refractivity contribution in [1.82, 2.24) is 15.1 Å². The first kappa shape index (κ1) is 17.4. The van der Waals surface area contributed by atoms with Crippen LogP contribution in [0, 0.1) is 5.82 Å². The van der Waals surface area contributed by atoms with Crippen molar-refractivity contribution < 1.29 is 14.0 Å². The summed E-state index contributed by atoms with van der Waals surface area (Å²) in [5.41, 5.74) is 1.31. The molecule has 0 unspecified atom stereocenters. The summed E-state index contributed by atoms with van der Waals surface area (Å²) in [7, 11) is 1.63. The first-order valence-corrected chi connectivity index (χ1v) is 7.56. The fourth-order valence-corrected chi connectivity index (χ4v) is 2.04. The van der Waals surface area contributed by atoms with Crippen LogP contribution in [-0.4, -0.2) is 28.1 Å². The molecular formula is C17H19FN4O2. The number of halogens is 1. The third-order valence-corrected chi connectivity index (χ3v) is 3.24. The molecule has 0 spiro atoms. The minimum absolute atomic E-state index is 0.284. The number of carbonyl (C=O) groups excluding carboxylic acids is 2. The lowest BCUT2D eigenvalue weighted by Gasteiger charge is -2.07. The summed E-state index contributed by atoms with van der Waals surface area (Å²) in [4.78, 5) is 24.1. The summed E-state index contributed by atoms with van der Waals surface area (Å²) < 4.78 is 14.2. The summed E-state index contributed by atoms with van der Waals surface area (Å²) in [6.45, 7) is 2.49. The van der Waals surface area contributed by atoms with Crippen LogP contribution in [0.2, 0.25) is 0 Å². The quantitative estimate of drug-likeness (QED) is 0.798. The zero-order valence-corrected chi connectivity index (χ0v) is 13.5. The van der Waals surface area contributed by atoms with E-state index in [-0.39, 0.29) is 17.4 Å². The maximum atomic E-state index is 12.8. The van der Waals surface area contributed by atoms with Gasteiger partial charge in [0.15, 0.2) is 0 Å². The first-order chi connectivity index (χ1) is 11.5. The van der Waals surface area contributed by atoms with Crippen LogP contribution < -0.4 is 10.6 Å². The van der Waals surface area contributed by atoms with E-state index in [1.54, 1.807) is 25.3 Å². The highest BCUT2D eigenvalue weighted by Gasteiger charge is 2.17. The highest BCUT2D eigenvalue weighted by atomic mass is 19.1. The Hall–Kier alpha value is -2.96. The van der Waals surface area contributed by atoms with Crippen LogP contribution >= 0.6 is 0 Å². The molecule has 0 bridgehead atoms. The first-order valence-electron chi connectivity index (χ1n) is 7.56. The van der Waals surface area contributed by atoms with E-state index in [0.717, 1.165) is 6.42 Å². The van der Waals surface area contributed by atoms with Crippen LogP contribution in [0.5, 0.6) is 0 Å². The Morgan fingerprint density at radius 3 is 2.67 bits per heavy atom. The van der Waals surface area contributed by atoms with Crippen molar-refractivity contribution in [2.24, 2.45) is 7.05 Å². The number of hydrogen-bond acceptors (Lipinski definition) is 3. The maximum Gasteiger partial charge on any atom is 0.271 e. The molecule has 0 saturated heterocycles. The zero-order chi connectivity index (χ0) is 17.5. The van der Waals surface area contributed by atoms with Gasteiger partial charge in [-0.1, -0.05) is 19.1 Å². The van der Waals surface area contributed by atoms with Crippen LogP contribution in [0.15, 0.2) is 36.5 Å². The molecule has 1 aromatic heterocycles. The molecule has 0 aliphatic rings. The molecule has 24 heavy (non-hydrogen) atoms. The molecule has 6 nitrogen and oxygen atoms in total. The molecule has 0 radical (unpaired) electrons. The lowest BCUT2D eigenvalue weighted by Crippen LogP contribution is -2.27. The number of aromatic nitrogens is 2. The highest BCUT2D eigenvalue weighted by Crippen LogP contribution is 2.14.